The summed E-state index contributed by atoms with van der Waals surface area (Å²) in [5, 5.41) is 20.1. The predicted molar refractivity (Wildman–Crippen MR) is 198 cm³/mol. The highest BCUT2D eigenvalue weighted by Gasteiger charge is 2.68. The standard InChI is InChI=1S/C40H53N5O9/c1-23(43-35(50)30(45-37(52)54-38(2,3)4)17-25-11-13-28(46)14-12-25)34(49)42-22-31(47)44-29(16-24-9-7-6-8-10-24)32(48)33-39(36(51)53-5)18-26-15-27(19-39)21-40(33,41)20-26/h6-14,23,26-27,29-30,33,46H,15-22,41H2,1-5H3,(H,42,49)(H,43,50)(H,44,47)(H,45,52)/t23-,26?,27?,29+,30+,33?,39?,40?/m1/s1. The number of benzene rings is 2. The molecule has 2 aromatic rings. The molecule has 0 saturated heterocycles. The Bertz CT molecular complexity index is 1710. The number of methoxy groups -OCH3 is 1. The van der Waals surface area contributed by atoms with E-state index in [2.05, 4.69) is 21.3 Å². The second kappa shape index (κ2) is 16.2. The van der Waals surface area contributed by atoms with E-state index in [1.807, 2.05) is 30.3 Å². The fraction of sp³-hybridized carbons (Fsp3) is 0.550. The van der Waals surface area contributed by atoms with Gasteiger partial charge in [0.25, 0.3) is 0 Å². The average molecular weight is 748 g/mol. The van der Waals surface area contributed by atoms with E-state index in [9.17, 15) is 33.9 Å². The lowest BCUT2D eigenvalue weighted by Gasteiger charge is -2.63. The number of amides is 4. The number of hydrogen-bond acceptors (Lipinski definition) is 10. The summed E-state index contributed by atoms with van der Waals surface area (Å²) in [6.07, 6.45) is 2.58. The smallest absolute Gasteiger partial charge is 0.408 e. The van der Waals surface area contributed by atoms with E-state index >= 15 is 0 Å². The number of nitrogens with one attached hydrogen (secondary N) is 4. The summed E-state index contributed by atoms with van der Waals surface area (Å²) in [4.78, 5) is 80.7. The fourth-order valence-corrected chi connectivity index (χ4v) is 9.03. The third-order valence-electron chi connectivity index (χ3n) is 10.8. The number of phenolic OH excluding ortho intramolecular Hbond substituents is 1. The van der Waals surface area contributed by atoms with Gasteiger partial charge in [0.05, 0.1) is 31.0 Å². The van der Waals surface area contributed by atoms with E-state index in [-0.39, 0.29) is 36.2 Å². The molecule has 3 unspecified atom stereocenters. The molecule has 7 N–H and O–H groups in total. The van der Waals surface area contributed by atoms with Gasteiger partial charge < -0.3 is 41.6 Å². The van der Waals surface area contributed by atoms with Crippen LogP contribution in [-0.4, -0.2) is 83.6 Å². The number of ketones is 1. The minimum absolute atomic E-state index is 0.0303. The van der Waals surface area contributed by atoms with Gasteiger partial charge >= 0.3 is 12.1 Å². The summed E-state index contributed by atoms with van der Waals surface area (Å²) in [5.74, 6) is -3.15. The van der Waals surface area contributed by atoms with E-state index in [1.165, 1.54) is 26.2 Å². The van der Waals surface area contributed by atoms with Gasteiger partial charge in [-0.15, -0.1) is 0 Å². The highest BCUT2D eigenvalue weighted by Crippen LogP contribution is 2.64. The molecule has 6 atom stereocenters. The largest absolute Gasteiger partial charge is 0.508 e. The Morgan fingerprint density at radius 1 is 0.833 bits per heavy atom. The monoisotopic (exact) mass is 747 g/mol. The molecule has 4 aliphatic rings. The molecule has 0 spiro atoms. The number of alkyl carbamates (subject to hydrolysis) is 1. The molecule has 0 aromatic heterocycles. The van der Waals surface area contributed by atoms with Gasteiger partial charge in [0.1, 0.15) is 23.4 Å². The van der Waals surface area contributed by atoms with Crippen molar-refractivity contribution in [2.75, 3.05) is 13.7 Å². The third kappa shape index (κ3) is 9.38. The molecular weight excluding hydrogens is 694 g/mol. The van der Waals surface area contributed by atoms with Crippen LogP contribution in [0.3, 0.4) is 0 Å². The molecule has 54 heavy (non-hydrogen) atoms. The molecule has 4 amide bonds. The number of hydrogen-bond donors (Lipinski definition) is 6. The maximum absolute atomic E-state index is 14.6. The molecular formula is C40H53N5O9. The first-order valence-electron chi connectivity index (χ1n) is 18.5. The summed E-state index contributed by atoms with van der Waals surface area (Å²) in [6, 6.07) is 12.0. The number of nitrogens with two attached hydrogens (primary N) is 1. The lowest BCUT2D eigenvalue weighted by molar-refractivity contribution is -0.188. The van der Waals surface area contributed by atoms with Crippen LogP contribution < -0.4 is 27.0 Å². The number of phenols is 1. The van der Waals surface area contributed by atoms with Crippen molar-refractivity contribution in [3.05, 3.63) is 65.7 Å². The van der Waals surface area contributed by atoms with E-state index in [4.69, 9.17) is 15.2 Å². The number of carbonyl (C=O) groups excluding carboxylic acids is 6. The van der Waals surface area contributed by atoms with E-state index in [0.717, 1.165) is 12.0 Å². The SMILES string of the molecule is COC(=O)C12CC3CC(CC(N)(C3)C1C(=O)[C@H](Cc1ccccc1)NC(=O)CNC(=O)[C@@H](C)NC(=O)[C@H](Cc1ccc(O)cc1)NC(=O)OC(C)(C)C)C2. The topological polar surface area (TPSA) is 215 Å². The quantitative estimate of drug-likeness (QED) is 0.155. The number of esters is 1. The summed E-state index contributed by atoms with van der Waals surface area (Å²) >= 11 is 0. The van der Waals surface area contributed by atoms with Crippen LogP contribution in [-0.2, 0) is 46.3 Å². The van der Waals surface area contributed by atoms with Gasteiger partial charge in [-0.25, -0.2) is 4.79 Å². The van der Waals surface area contributed by atoms with Crippen LogP contribution in [0.25, 0.3) is 0 Å². The zero-order valence-electron chi connectivity index (χ0n) is 31.6. The van der Waals surface area contributed by atoms with Crippen molar-refractivity contribution < 1.29 is 43.3 Å². The van der Waals surface area contributed by atoms with Crippen LogP contribution >= 0.6 is 0 Å². The highest BCUT2D eigenvalue weighted by molar-refractivity contribution is 5.98. The van der Waals surface area contributed by atoms with Crippen molar-refractivity contribution in [3.63, 3.8) is 0 Å². The van der Waals surface area contributed by atoms with Gasteiger partial charge in [-0.2, -0.15) is 0 Å². The molecule has 4 aliphatic carbocycles. The van der Waals surface area contributed by atoms with Gasteiger partial charge in [0.15, 0.2) is 5.78 Å². The van der Waals surface area contributed by atoms with Crippen molar-refractivity contribution in [3.8, 4) is 5.75 Å². The molecule has 0 heterocycles. The maximum Gasteiger partial charge on any atom is 0.408 e. The predicted octanol–water partition coefficient (Wildman–Crippen LogP) is 2.44. The summed E-state index contributed by atoms with van der Waals surface area (Å²) in [6.45, 7) is 5.97. The Kier molecular flexibility index (Phi) is 12.0. The van der Waals surface area contributed by atoms with Crippen LogP contribution in [0.1, 0.15) is 70.9 Å². The van der Waals surface area contributed by atoms with Crippen molar-refractivity contribution in [1.29, 1.82) is 0 Å². The van der Waals surface area contributed by atoms with Gasteiger partial charge in [0.2, 0.25) is 17.7 Å². The summed E-state index contributed by atoms with van der Waals surface area (Å²) < 4.78 is 10.6. The van der Waals surface area contributed by atoms with E-state index in [1.54, 1.807) is 32.9 Å². The average Bonchev–Trinajstić information content (AvgIpc) is 3.09. The molecule has 14 heteroatoms. The first-order valence-corrected chi connectivity index (χ1v) is 18.5. The minimum atomic E-state index is -1.14. The molecule has 4 bridgehead atoms. The second-order valence-corrected chi connectivity index (χ2v) is 16.3. The van der Waals surface area contributed by atoms with Crippen LogP contribution in [0.4, 0.5) is 4.79 Å². The molecule has 0 radical (unpaired) electrons. The molecule has 0 aliphatic heterocycles. The molecule has 4 fully saturated rings. The first-order chi connectivity index (χ1) is 25.4. The molecule has 4 saturated carbocycles. The highest BCUT2D eigenvalue weighted by atomic mass is 16.6. The second-order valence-electron chi connectivity index (χ2n) is 16.3. The number of carbonyl (C=O) groups is 6. The Hall–Kier alpha value is -4.98. The van der Waals surface area contributed by atoms with Gasteiger partial charge in [-0.05, 0) is 101 Å². The van der Waals surface area contributed by atoms with Crippen molar-refractivity contribution in [2.24, 2.45) is 28.9 Å². The lowest BCUT2D eigenvalue weighted by atomic mass is 9.41. The molecule has 14 nitrogen and oxygen atoms in total. The lowest BCUT2D eigenvalue weighted by Crippen LogP contribution is -2.72. The maximum atomic E-state index is 14.6. The van der Waals surface area contributed by atoms with Crippen molar-refractivity contribution >= 4 is 35.6 Å². The van der Waals surface area contributed by atoms with Crippen molar-refractivity contribution in [1.82, 2.24) is 21.3 Å². The van der Waals surface area contributed by atoms with Crippen molar-refractivity contribution in [2.45, 2.75) is 102 Å². The summed E-state index contributed by atoms with van der Waals surface area (Å²) in [5.41, 5.74) is 5.65. The fourth-order valence-electron chi connectivity index (χ4n) is 9.03. The zero-order chi connectivity index (χ0) is 39.4. The van der Waals surface area contributed by atoms with Gasteiger partial charge in [0, 0.05) is 12.0 Å². The number of ether oxygens (including phenoxy) is 2. The van der Waals surface area contributed by atoms with Crippen LogP contribution in [0.15, 0.2) is 54.6 Å². The first kappa shape index (κ1) is 40.2. The zero-order valence-corrected chi connectivity index (χ0v) is 31.6. The van der Waals surface area contributed by atoms with Crippen LogP contribution in [0.2, 0.25) is 0 Å². The number of rotatable bonds is 14. The molecule has 6 rings (SSSR count). The molecule has 292 valence electrons. The Morgan fingerprint density at radius 3 is 2.02 bits per heavy atom. The molecule has 2 aromatic carbocycles. The Balaban J connectivity index is 1.25. The normalized spacial score (nSPS) is 25.7. The van der Waals surface area contributed by atoms with Crippen LogP contribution in [0, 0.1) is 23.2 Å². The Labute approximate surface area is 315 Å². The number of Topliss-reactive ketones (excluding diaryl/α,β-unsaturated/α-hetero) is 1. The van der Waals surface area contributed by atoms with Crippen LogP contribution in [0.5, 0.6) is 5.75 Å². The third-order valence-corrected chi connectivity index (χ3v) is 10.8. The van der Waals surface area contributed by atoms with E-state index in [0.29, 0.717) is 31.2 Å². The van der Waals surface area contributed by atoms with Gasteiger partial charge in [-0.1, -0.05) is 42.5 Å². The minimum Gasteiger partial charge on any atom is -0.508 e. The summed E-state index contributed by atoms with van der Waals surface area (Å²) in [7, 11) is 1.33. The number of aromatic hydroxyl groups is 1. The van der Waals surface area contributed by atoms with E-state index < -0.39 is 76.9 Å². The van der Waals surface area contributed by atoms with Gasteiger partial charge in [-0.3, -0.25) is 24.0 Å². The Morgan fingerprint density at radius 2 is 1.43 bits per heavy atom.